The maximum absolute atomic E-state index is 12.3. The van der Waals surface area contributed by atoms with Crippen LogP contribution in [0, 0.1) is 0 Å². The number of nitrogens with one attached hydrogen (secondary N) is 1. The van der Waals surface area contributed by atoms with Crippen molar-refractivity contribution in [2.75, 3.05) is 6.54 Å². The molecule has 0 aromatic heterocycles. The molecule has 0 saturated heterocycles. The number of hydrogen-bond acceptors (Lipinski definition) is 3. The molecule has 2 atom stereocenters. The number of aryl methyl sites for hydroxylation is 1. The number of benzene rings is 2. The minimum atomic E-state index is -4.76. The highest BCUT2D eigenvalue weighted by atomic mass is 19.4. The molecule has 0 fully saturated rings. The smallest absolute Gasteiger partial charge is 0.406 e. The predicted molar refractivity (Wildman–Crippen MR) is 98.3 cm³/mol. The van der Waals surface area contributed by atoms with Crippen LogP contribution in [0.1, 0.15) is 46.3 Å². The van der Waals surface area contributed by atoms with Gasteiger partial charge in [-0.2, -0.15) is 0 Å². The van der Waals surface area contributed by atoms with Crippen molar-refractivity contribution in [1.82, 2.24) is 5.32 Å². The number of alkyl halides is 3. The summed E-state index contributed by atoms with van der Waals surface area (Å²) in [4.78, 5) is 12.3. The van der Waals surface area contributed by atoms with Crippen molar-refractivity contribution >= 4 is 5.91 Å². The molecule has 0 radical (unpaired) electrons. The number of fused-ring (bicyclic) bond motifs is 1. The van der Waals surface area contributed by atoms with Crippen molar-refractivity contribution in [3.05, 3.63) is 64.7 Å². The van der Waals surface area contributed by atoms with Crippen LogP contribution in [0.25, 0.3) is 0 Å². The number of hydrogen-bond donors (Lipinski definition) is 2. The molecule has 0 heterocycles. The summed E-state index contributed by atoms with van der Waals surface area (Å²) >= 11 is 0. The Balaban J connectivity index is 1.62. The van der Waals surface area contributed by atoms with Crippen LogP contribution in [0.15, 0.2) is 42.5 Å². The Bertz CT molecular complexity index is 834. The highest BCUT2D eigenvalue weighted by Crippen LogP contribution is 2.29. The van der Waals surface area contributed by atoms with Crippen molar-refractivity contribution in [1.29, 1.82) is 0 Å². The molecule has 7 heteroatoms. The summed E-state index contributed by atoms with van der Waals surface area (Å²) < 4.78 is 40.4. The van der Waals surface area contributed by atoms with Crippen molar-refractivity contribution < 1.29 is 27.8 Å². The third-order valence-electron chi connectivity index (χ3n) is 4.95. The second-order valence-corrected chi connectivity index (χ2v) is 7.06. The van der Waals surface area contributed by atoms with Gasteiger partial charge in [-0.1, -0.05) is 25.1 Å². The number of carbonyl (C=O) groups excluding carboxylic acids is 1. The molecule has 0 aliphatic heterocycles. The fraction of sp³-hybridized carbons (Fsp3) is 0.381. The van der Waals surface area contributed by atoms with E-state index in [1.807, 2.05) is 19.1 Å². The molecule has 1 aliphatic carbocycles. The highest BCUT2D eigenvalue weighted by molar-refractivity contribution is 5.94. The quantitative estimate of drug-likeness (QED) is 0.808. The Labute approximate surface area is 161 Å². The maximum Gasteiger partial charge on any atom is 0.573 e. The van der Waals surface area contributed by atoms with Crippen LogP contribution in [0.2, 0.25) is 0 Å². The van der Waals surface area contributed by atoms with E-state index in [1.165, 1.54) is 17.7 Å². The van der Waals surface area contributed by atoms with Gasteiger partial charge >= 0.3 is 6.36 Å². The van der Waals surface area contributed by atoms with E-state index in [4.69, 9.17) is 0 Å². The molecule has 4 nitrogen and oxygen atoms in total. The molecule has 2 N–H and O–H groups in total. The Morgan fingerprint density at radius 1 is 1.25 bits per heavy atom. The topological polar surface area (TPSA) is 58.6 Å². The number of carbonyl (C=O) groups is 1. The van der Waals surface area contributed by atoms with Gasteiger partial charge in [0.1, 0.15) is 5.75 Å². The van der Waals surface area contributed by atoms with Crippen molar-refractivity contribution in [2.45, 2.75) is 44.6 Å². The second kappa shape index (κ2) is 8.22. The van der Waals surface area contributed by atoms with E-state index in [2.05, 4.69) is 16.1 Å². The van der Waals surface area contributed by atoms with Crippen LogP contribution in [-0.4, -0.2) is 30.0 Å². The van der Waals surface area contributed by atoms with E-state index in [1.54, 1.807) is 0 Å². The SMILES string of the molecule is CC(CNC(=O)c1ccc(OC(F)(F)F)cc1)c1cccc2c1CC(O)CC2. The molecule has 0 spiro atoms. The van der Waals surface area contributed by atoms with E-state index in [-0.39, 0.29) is 29.2 Å². The zero-order chi connectivity index (χ0) is 20.3. The third-order valence-corrected chi connectivity index (χ3v) is 4.95. The van der Waals surface area contributed by atoms with Gasteiger partial charge in [-0.3, -0.25) is 4.79 Å². The normalized spacial score (nSPS) is 17.5. The molecule has 3 rings (SSSR count). The van der Waals surface area contributed by atoms with Gasteiger partial charge in [-0.25, -0.2) is 0 Å². The molecule has 150 valence electrons. The molecule has 2 unspecified atom stereocenters. The van der Waals surface area contributed by atoms with E-state index in [9.17, 15) is 23.1 Å². The van der Waals surface area contributed by atoms with Gasteiger partial charge in [0.05, 0.1) is 6.10 Å². The van der Waals surface area contributed by atoms with Crippen molar-refractivity contribution in [2.24, 2.45) is 0 Å². The zero-order valence-electron chi connectivity index (χ0n) is 15.4. The van der Waals surface area contributed by atoms with Gasteiger partial charge in [0.2, 0.25) is 0 Å². The lowest BCUT2D eigenvalue weighted by Crippen LogP contribution is -2.29. The first-order valence-electron chi connectivity index (χ1n) is 9.15. The molecule has 0 saturated carbocycles. The lowest BCUT2D eigenvalue weighted by molar-refractivity contribution is -0.274. The first kappa shape index (κ1) is 20.2. The van der Waals surface area contributed by atoms with Crippen LogP contribution < -0.4 is 10.1 Å². The molecular weight excluding hydrogens is 371 g/mol. The number of rotatable bonds is 5. The molecule has 0 bridgehead atoms. The average Bonchev–Trinajstić information content (AvgIpc) is 2.64. The summed E-state index contributed by atoms with van der Waals surface area (Å²) in [5.74, 6) is -0.695. The molecular formula is C21H22F3NO3. The number of aliphatic hydroxyl groups is 1. The molecule has 2 aromatic carbocycles. The molecule has 1 amide bonds. The van der Waals surface area contributed by atoms with Gasteiger partial charge in [0, 0.05) is 12.1 Å². The number of amides is 1. The minimum absolute atomic E-state index is 0.0389. The summed E-state index contributed by atoms with van der Waals surface area (Å²) in [6.45, 7) is 2.38. The zero-order valence-corrected chi connectivity index (χ0v) is 15.4. The first-order valence-corrected chi connectivity index (χ1v) is 9.15. The van der Waals surface area contributed by atoms with Crippen LogP contribution in [-0.2, 0) is 12.8 Å². The van der Waals surface area contributed by atoms with Gasteiger partial charge < -0.3 is 15.2 Å². The van der Waals surface area contributed by atoms with Gasteiger partial charge in [0.15, 0.2) is 0 Å². The Kier molecular flexibility index (Phi) is 5.93. The minimum Gasteiger partial charge on any atom is -0.406 e. The molecule has 2 aromatic rings. The highest BCUT2D eigenvalue weighted by Gasteiger charge is 2.31. The summed E-state index contributed by atoms with van der Waals surface area (Å²) in [6, 6.07) is 10.9. The number of ether oxygens (including phenoxy) is 1. The lowest BCUT2D eigenvalue weighted by atomic mass is 9.83. The number of aliphatic hydroxyl groups excluding tert-OH is 1. The molecule has 28 heavy (non-hydrogen) atoms. The first-order chi connectivity index (χ1) is 13.2. The summed E-state index contributed by atoms with van der Waals surface area (Å²) in [5, 5.41) is 12.8. The third kappa shape index (κ3) is 5.04. The Morgan fingerprint density at radius 2 is 1.96 bits per heavy atom. The van der Waals surface area contributed by atoms with E-state index in [0.29, 0.717) is 13.0 Å². The van der Waals surface area contributed by atoms with Crippen molar-refractivity contribution in [3.63, 3.8) is 0 Å². The second-order valence-electron chi connectivity index (χ2n) is 7.06. The van der Waals surface area contributed by atoms with E-state index in [0.717, 1.165) is 36.1 Å². The monoisotopic (exact) mass is 393 g/mol. The fourth-order valence-electron chi connectivity index (χ4n) is 3.52. The van der Waals surface area contributed by atoms with Gasteiger partial charge in [-0.05, 0) is 66.1 Å². The van der Waals surface area contributed by atoms with Crippen LogP contribution in [0.3, 0.4) is 0 Å². The predicted octanol–water partition coefficient (Wildman–Crippen LogP) is 3.97. The van der Waals surface area contributed by atoms with E-state index < -0.39 is 6.36 Å². The van der Waals surface area contributed by atoms with Crippen LogP contribution >= 0.6 is 0 Å². The van der Waals surface area contributed by atoms with Gasteiger partial charge in [-0.15, -0.1) is 13.2 Å². The number of halogens is 3. The Hall–Kier alpha value is -2.54. The lowest BCUT2D eigenvalue weighted by Gasteiger charge is -2.26. The van der Waals surface area contributed by atoms with E-state index >= 15 is 0 Å². The van der Waals surface area contributed by atoms with Crippen molar-refractivity contribution in [3.8, 4) is 5.75 Å². The fourth-order valence-corrected chi connectivity index (χ4v) is 3.52. The Morgan fingerprint density at radius 3 is 2.64 bits per heavy atom. The summed E-state index contributed by atoms with van der Waals surface area (Å²) in [6.07, 6.45) is -2.88. The molecule has 1 aliphatic rings. The summed E-state index contributed by atoms with van der Waals surface area (Å²) in [7, 11) is 0. The van der Waals surface area contributed by atoms with Gasteiger partial charge in [0.25, 0.3) is 5.91 Å². The standard InChI is InChI=1S/C21H22F3NO3/c1-13(18-4-2-3-14-5-8-16(26)11-19(14)18)12-25-20(27)15-6-9-17(10-7-15)28-21(22,23)24/h2-4,6-7,9-10,13,16,26H,5,8,11-12H2,1H3,(H,25,27). The average molecular weight is 393 g/mol. The van der Waals surface area contributed by atoms with Crippen LogP contribution in [0.5, 0.6) is 5.75 Å². The van der Waals surface area contributed by atoms with Crippen LogP contribution in [0.4, 0.5) is 13.2 Å². The summed E-state index contributed by atoms with van der Waals surface area (Å²) in [5.41, 5.74) is 3.75. The maximum atomic E-state index is 12.3. The largest absolute Gasteiger partial charge is 0.573 e.